The molecule has 1 atom stereocenters. The van der Waals surface area contributed by atoms with Crippen LogP contribution in [-0.2, 0) is 4.79 Å². The van der Waals surface area contributed by atoms with Crippen molar-refractivity contribution in [3.8, 4) is 0 Å². The van der Waals surface area contributed by atoms with Crippen LogP contribution in [0.25, 0.3) is 0 Å². The maximum absolute atomic E-state index is 10.8. The minimum absolute atomic E-state index is 0.237. The lowest BCUT2D eigenvalue weighted by Gasteiger charge is -2.37. The third kappa shape index (κ3) is 4.18. The van der Waals surface area contributed by atoms with E-state index in [-0.39, 0.29) is 12.5 Å². The van der Waals surface area contributed by atoms with Gasteiger partial charge in [-0.15, -0.1) is 0 Å². The Morgan fingerprint density at radius 2 is 1.93 bits per heavy atom. The number of carbonyl (C=O) groups is 1. The van der Waals surface area contributed by atoms with Gasteiger partial charge in [0.1, 0.15) is 0 Å². The second-order valence-electron chi connectivity index (χ2n) is 4.38. The zero-order chi connectivity index (χ0) is 11.3. The van der Waals surface area contributed by atoms with E-state index in [9.17, 15) is 4.79 Å². The van der Waals surface area contributed by atoms with Crippen LogP contribution in [0.2, 0.25) is 0 Å². The molecule has 0 radical (unpaired) electrons. The largest absolute Gasteiger partial charge is 0.481 e. The van der Waals surface area contributed by atoms with Gasteiger partial charge in [0.2, 0.25) is 0 Å². The predicted molar refractivity (Wildman–Crippen MR) is 60.0 cm³/mol. The third-order valence-corrected chi connectivity index (χ3v) is 3.09. The lowest BCUT2D eigenvalue weighted by Crippen LogP contribution is -2.49. The van der Waals surface area contributed by atoms with Crippen molar-refractivity contribution in [2.24, 2.45) is 0 Å². The van der Waals surface area contributed by atoms with Gasteiger partial charge in [-0.3, -0.25) is 9.69 Å². The summed E-state index contributed by atoms with van der Waals surface area (Å²) in [5.41, 5.74) is 0. The number of hydrogen-bond acceptors (Lipinski definition) is 3. The molecule has 0 aromatic carbocycles. The number of nitrogens with zero attached hydrogens (tertiary/aromatic N) is 2. The number of carboxylic acid groups (broad SMARTS) is 1. The van der Waals surface area contributed by atoms with Crippen molar-refractivity contribution in [3.63, 3.8) is 0 Å². The van der Waals surface area contributed by atoms with Crippen LogP contribution >= 0.6 is 0 Å². The zero-order valence-electron chi connectivity index (χ0n) is 9.78. The van der Waals surface area contributed by atoms with Crippen molar-refractivity contribution >= 4 is 5.97 Å². The molecule has 1 rings (SSSR count). The van der Waals surface area contributed by atoms with Crippen molar-refractivity contribution in [2.45, 2.75) is 32.2 Å². The van der Waals surface area contributed by atoms with Crippen LogP contribution < -0.4 is 0 Å². The first-order valence-electron chi connectivity index (χ1n) is 5.78. The second-order valence-corrected chi connectivity index (χ2v) is 4.38. The van der Waals surface area contributed by atoms with Crippen LogP contribution in [0.4, 0.5) is 0 Å². The summed E-state index contributed by atoms with van der Waals surface area (Å²) in [4.78, 5) is 15.4. The highest BCUT2D eigenvalue weighted by Gasteiger charge is 2.23. The number of hydrogen-bond donors (Lipinski definition) is 1. The Labute approximate surface area is 91.9 Å². The summed E-state index contributed by atoms with van der Waals surface area (Å²) >= 11 is 0. The average Bonchev–Trinajstić information content (AvgIpc) is 2.17. The van der Waals surface area contributed by atoms with Gasteiger partial charge in [0.15, 0.2) is 0 Å². The highest BCUT2D eigenvalue weighted by Crippen LogP contribution is 2.13. The number of aliphatic carboxylic acids is 1. The van der Waals surface area contributed by atoms with E-state index in [1.54, 1.807) is 0 Å². The van der Waals surface area contributed by atoms with E-state index in [1.165, 1.54) is 0 Å². The van der Waals surface area contributed by atoms with E-state index >= 15 is 0 Å². The fourth-order valence-electron chi connectivity index (χ4n) is 2.14. The van der Waals surface area contributed by atoms with Crippen molar-refractivity contribution in [2.75, 3.05) is 33.2 Å². The Hall–Kier alpha value is -0.610. The molecule has 0 aromatic rings. The molecule has 0 aliphatic carbocycles. The molecule has 4 heteroatoms. The highest BCUT2D eigenvalue weighted by molar-refractivity contribution is 5.67. The summed E-state index contributed by atoms with van der Waals surface area (Å²) in [5, 5.41) is 8.86. The lowest BCUT2D eigenvalue weighted by atomic mass is 10.1. The Kier molecular flexibility index (Phi) is 5.05. The molecule has 0 saturated carbocycles. The van der Waals surface area contributed by atoms with E-state index in [1.807, 2.05) is 0 Å². The fourth-order valence-corrected chi connectivity index (χ4v) is 2.14. The fraction of sp³-hybridized carbons (Fsp3) is 0.909. The number of piperazine rings is 1. The average molecular weight is 214 g/mol. The quantitative estimate of drug-likeness (QED) is 0.738. The van der Waals surface area contributed by atoms with Crippen LogP contribution in [0, 0.1) is 0 Å². The third-order valence-electron chi connectivity index (χ3n) is 3.09. The van der Waals surface area contributed by atoms with Gasteiger partial charge in [-0.25, -0.2) is 0 Å². The summed E-state index contributed by atoms with van der Waals surface area (Å²) in [6, 6.07) is 0.237. The molecule has 15 heavy (non-hydrogen) atoms. The Balaban J connectivity index is 2.44. The minimum atomic E-state index is -0.674. The van der Waals surface area contributed by atoms with Gasteiger partial charge in [0.25, 0.3) is 0 Å². The predicted octanol–water partition coefficient (Wildman–Crippen LogP) is 0.877. The van der Waals surface area contributed by atoms with Crippen molar-refractivity contribution < 1.29 is 9.90 Å². The number of rotatable bonds is 5. The Morgan fingerprint density at radius 1 is 1.33 bits per heavy atom. The SMILES string of the molecule is CCCC(CC(=O)O)N1CCN(C)CC1. The van der Waals surface area contributed by atoms with E-state index in [0.29, 0.717) is 0 Å². The van der Waals surface area contributed by atoms with Crippen LogP contribution in [0.5, 0.6) is 0 Å². The maximum atomic E-state index is 10.8. The molecule has 1 N–H and O–H groups in total. The van der Waals surface area contributed by atoms with Gasteiger partial charge in [-0.1, -0.05) is 13.3 Å². The van der Waals surface area contributed by atoms with Crippen LogP contribution in [0.1, 0.15) is 26.2 Å². The molecule has 88 valence electrons. The first-order chi connectivity index (χ1) is 7.13. The van der Waals surface area contributed by atoms with Crippen molar-refractivity contribution in [1.82, 2.24) is 9.80 Å². The van der Waals surface area contributed by atoms with Gasteiger partial charge in [0, 0.05) is 32.2 Å². The molecular formula is C11H22N2O2. The second kappa shape index (κ2) is 6.08. The zero-order valence-corrected chi connectivity index (χ0v) is 9.78. The molecule has 0 amide bonds. The minimum Gasteiger partial charge on any atom is -0.481 e. The van der Waals surface area contributed by atoms with E-state index in [4.69, 9.17) is 5.11 Å². The van der Waals surface area contributed by atoms with Gasteiger partial charge in [-0.05, 0) is 13.5 Å². The van der Waals surface area contributed by atoms with Gasteiger partial charge in [-0.2, -0.15) is 0 Å². The normalized spacial score (nSPS) is 21.5. The molecule has 0 bridgehead atoms. The van der Waals surface area contributed by atoms with Gasteiger partial charge in [0.05, 0.1) is 6.42 Å². The summed E-state index contributed by atoms with van der Waals surface area (Å²) in [7, 11) is 2.11. The van der Waals surface area contributed by atoms with Crippen LogP contribution in [-0.4, -0.2) is 60.1 Å². The summed E-state index contributed by atoms with van der Waals surface area (Å²) in [6.45, 7) is 6.24. The molecule has 1 aliphatic rings. The Morgan fingerprint density at radius 3 is 2.40 bits per heavy atom. The monoisotopic (exact) mass is 214 g/mol. The van der Waals surface area contributed by atoms with Gasteiger partial charge >= 0.3 is 5.97 Å². The molecular weight excluding hydrogens is 192 g/mol. The van der Waals surface area contributed by atoms with E-state index in [2.05, 4.69) is 23.8 Å². The van der Waals surface area contributed by atoms with Crippen molar-refractivity contribution in [3.05, 3.63) is 0 Å². The summed E-state index contributed by atoms with van der Waals surface area (Å²) in [6.07, 6.45) is 2.35. The van der Waals surface area contributed by atoms with Gasteiger partial charge < -0.3 is 10.0 Å². The molecule has 1 aliphatic heterocycles. The van der Waals surface area contributed by atoms with Crippen LogP contribution in [0.3, 0.4) is 0 Å². The topological polar surface area (TPSA) is 43.8 Å². The standard InChI is InChI=1S/C11H22N2O2/c1-3-4-10(9-11(14)15)13-7-5-12(2)6-8-13/h10H,3-9H2,1-2H3,(H,14,15). The number of likely N-dealkylation sites (N-methyl/N-ethyl adjacent to an activating group) is 1. The summed E-state index contributed by atoms with van der Waals surface area (Å²) in [5.74, 6) is -0.674. The molecule has 0 spiro atoms. The van der Waals surface area contributed by atoms with E-state index in [0.717, 1.165) is 39.0 Å². The number of carboxylic acids is 1. The van der Waals surface area contributed by atoms with Crippen LogP contribution in [0.15, 0.2) is 0 Å². The molecule has 1 fully saturated rings. The molecule has 0 aromatic heterocycles. The first-order valence-corrected chi connectivity index (χ1v) is 5.78. The first kappa shape index (κ1) is 12.5. The summed E-state index contributed by atoms with van der Waals surface area (Å²) < 4.78 is 0. The Bertz CT molecular complexity index is 201. The highest BCUT2D eigenvalue weighted by atomic mass is 16.4. The molecule has 1 heterocycles. The molecule has 4 nitrogen and oxygen atoms in total. The van der Waals surface area contributed by atoms with Crippen molar-refractivity contribution in [1.29, 1.82) is 0 Å². The maximum Gasteiger partial charge on any atom is 0.304 e. The smallest absolute Gasteiger partial charge is 0.304 e. The lowest BCUT2D eigenvalue weighted by molar-refractivity contribution is -0.138. The molecule has 1 unspecified atom stereocenters. The van der Waals surface area contributed by atoms with E-state index < -0.39 is 5.97 Å². The molecule has 1 saturated heterocycles.